The smallest absolute Gasteiger partial charge is 0.231 e. The fraction of sp³-hybridized carbons (Fsp3) is 0.154. The largest absolute Gasteiger partial charge is 0.454 e. The summed E-state index contributed by atoms with van der Waals surface area (Å²) >= 11 is 3.20. The summed E-state index contributed by atoms with van der Waals surface area (Å²) in [6, 6.07) is 5.89. The predicted molar refractivity (Wildman–Crippen MR) is 79.6 cm³/mol. The lowest BCUT2D eigenvalue weighted by atomic mass is 10.2. The first kappa shape index (κ1) is 12.7. The maximum atomic E-state index is 5.40. The van der Waals surface area contributed by atoms with Crippen molar-refractivity contribution in [3.8, 4) is 22.1 Å². The Hall–Kier alpha value is -2.06. The number of thioether (sulfide) groups is 1. The molecule has 0 amide bonds. The van der Waals surface area contributed by atoms with Crippen molar-refractivity contribution in [2.75, 3.05) is 6.79 Å². The van der Waals surface area contributed by atoms with Crippen LogP contribution in [-0.2, 0) is 5.75 Å². The molecular formula is C13H10N4O2S2. The van der Waals surface area contributed by atoms with Crippen LogP contribution in [0.1, 0.15) is 5.69 Å². The normalized spacial score (nSPS) is 12.8. The van der Waals surface area contributed by atoms with Crippen LogP contribution in [0.25, 0.3) is 10.6 Å². The maximum absolute atomic E-state index is 5.40. The molecule has 0 radical (unpaired) electrons. The molecule has 6 nitrogen and oxygen atoms in total. The van der Waals surface area contributed by atoms with Crippen LogP contribution in [0.5, 0.6) is 11.5 Å². The molecule has 0 aliphatic carbocycles. The molecule has 0 fully saturated rings. The summed E-state index contributed by atoms with van der Waals surface area (Å²) in [5.74, 6) is 2.33. The van der Waals surface area contributed by atoms with E-state index in [2.05, 4.69) is 25.5 Å². The van der Waals surface area contributed by atoms with Gasteiger partial charge in [-0.25, -0.2) is 9.97 Å². The Labute approximate surface area is 128 Å². The minimum absolute atomic E-state index is 0.287. The van der Waals surface area contributed by atoms with Crippen LogP contribution < -0.4 is 9.47 Å². The molecule has 3 aromatic rings. The SMILES string of the molecule is c1n[nH]c(SCc2csc(-c3ccc4c(c3)OCO4)n2)n1. The average Bonchev–Trinajstić information content (AvgIpc) is 3.25. The number of ether oxygens (including phenoxy) is 2. The first-order valence-electron chi connectivity index (χ1n) is 6.21. The molecule has 8 heteroatoms. The molecule has 0 bridgehead atoms. The van der Waals surface area contributed by atoms with Crippen molar-refractivity contribution in [1.82, 2.24) is 20.2 Å². The van der Waals surface area contributed by atoms with Crippen LogP contribution in [0.4, 0.5) is 0 Å². The minimum atomic E-state index is 0.287. The lowest BCUT2D eigenvalue weighted by Gasteiger charge is -1.99. The van der Waals surface area contributed by atoms with Crippen LogP contribution >= 0.6 is 23.1 Å². The third kappa shape index (κ3) is 2.59. The van der Waals surface area contributed by atoms with Gasteiger partial charge in [0.05, 0.1) is 5.69 Å². The highest BCUT2D eigenvalue weighted by molar-refractivity contribution is 7.98. The lowest BCUT2D eigenvalue weighted by molar-refractivity contribution is 0.174. The van der Waals surface area contributed by atoms with E-state index in [0.29, 0.717) is 0 Å². The molecular weight excluding hydrogens is 308 g/mol. The molecule has 1 N–H and O–H groups in total. The van der Waals surface area contributed by atoms with Gasteiger partial charge in [-0.1, -0.05) is 11.8 Å². The standard InChI is InChI=1S/C13H10N4O2S2/c1-2-10-11(19-7-18-10)3-8(1)12-16-9(4-20-12)5-21-13-14-6-15-17-13/h1-4,6H,5,7H2,(H,14,15,17). The van der Waals surface area contributed by atoms with E-state index in [0.717, 1.165) is 38.7 Å². The molecule has 3 heterocycles. The Morgan fingerprint density at radius 3 is 3.14 bits per heavy atom. The fourth-order valence-corrected chi connectivity index (χ4v) is 3.54. The second-order valence-electron chi connectivity index (χ2n) is 4.29. The molecule has 0 saturated carbocycles. The number of aromatic nitrogens is 4. The number of hydrogen-bond donors (Lipinski definition) is 1. The zero-order valence-corrected chi connectivity index (χ0v) is 12.4. The van der Waals surface area contributed by atoms with Gasteiger partial charge < -0.3 is 9.47 Å². The second-order valence-corrected chi connectivity index (χ2v) is 6.11. The van der Waals surface area contributed by atoms with E-state index in [1.165, 1.54) is 6.33 Å². The highest BCUT2D eigenvalue weighted by atomic mass is 32.2. The van der Waals surface area contributed by atoms with E-state index in [9.17, 15) is 0 Å². The van der Waals surface area contributed by atoms with Crippen LogP contribution in [0.2, 0.25) is 0 Å². The monoisotopic (exact) mass is 318 g/mol. The van der Waals surface area contributed by atoms with Gasteiger partial charge in [0.25, 0.3) is 0 Å². The van der Waals surface area contributed by atoms with E-state index in [4.69, 9.17) is 9.47 Å². The molecule has 1 aromatic carbocycles. The third-order valence-corrected chi connectivity index (χ3v) is 4.77. The molecule has 0 spiro atoms. The molecule has 2 aromatic heterocycles. The van der Waals surface area contributed by atoms with Crippen LogP contribution in [-0.4, -0.2) is 27.0 Å². The van der Waals surface area contributed by atoms with Gasteiger partial charge in [0.15, 0.2) is 16.7 Å². The number of hydrogen-bond acceptors (Lipinski definition) is 7. The average molecular weight is 318 g/mol. The van der Waals surface area contributed by atoms with E-state index in [1.807, 2.05) is 18.2 Å². The van der Waals surface area contributed by atoms with Gasteiger partial charge >= 0.3 is 0 Å². The third-order valence-electron chi connectivity index (χ3n) is 2.92. The van der Waals surface area contributed by atoms with Crippen molar-refractivity contribution in [3.05, 3.63) is 35.6 Å². The summed E-state index contributed by atoms with van der Waals surface area (Å²) in [6.45, 7) is 0.287. The maximum Gasteiger partial charge on any atom is 0.231 e. The molecule has 106 valence electrons. The topological polar surface area (TPSA) is 72.9 Å². The minimum Gasteiger partial charge on any atom is -0.454 e. The van der Waals surface area contributed by atoms with Crippen molar-refractivity contribution in [3.63, 3.8) is 0 Å². The van der Waals surface area contributed by atoms with Crippen molar-refractivity contribution in [1.29, 1.82) is 0 Å². The summed E-state index contributed by atoms with van der Waals surface area (Å²) in [4.78, 5) is 8.72. The Kier molecular flexibility index (Phi) is 3.24. The number of nitrogens with zero attached hydrogens (tertiary/aromatic N) is 3. The molecule has 1 aliphatic rings. The summed E-state index contributed by atoms with van der Waals surface area (Å²) in [7, 11) is 0. The zero-order valence-electron chi connectivity index (χ0n) is 10.8. The number of fused-ring (bicyclic) bond motifs is 1. The summed E-state index contributed by atoms with van der Waals surface area (Å²) in [5, 5.41) is 10.5. The quantitative estimate of drug-likeness (QED) is 0.746. The summed E-state index contributed by atoms with van der Waals surface area (Å²) in [6.07, 6.45) is 1.50. The second kappa shape index (κ2) is 5.38. The molecule has 0 atom stereocenters. The van der Waals surface area contributed by atoms with Crippen molar-refractivity contribution < 1.29 is 9.47 Å². The van der Waals surface area contributed by atoms with Crippen molar-refractivity contribution in [2.45, 2.75) is 10.9 Å². The first-order chi connectivity index (χ1) is 10.4. The summed E-state index contributed by atoms with van der Waals surface area (Å²) < 4.78 is 10.7. The van der Waals surface area contributed by atoms with Gasteiger partial charge in [0.2, 0.25) is 6.79 Å². The Bertz CT molecular complexity index is 757. The number of aromatic amines is 1. The number of nitrogens with one attached hydrogen (secondary N) is 1. The van der Waals surface area contributed by atoms with Crippen LogP contribution in [0, 0.1) is 0 Å². The predicted octanol–water partition coefficient (Wildman–Crippen LogP) is 2.95. The molecule has 4 rings (SSSR count). The van der Waals surface area contributed by atoms with Crippen LogP contribution in [0.3, 0.4) is 0 Å². The number of H-pyrrole nitrogens is 1. The molecule has 1 aliphatic heterocycles. The van der Waals surface area contributed by atoms with Crippen LogP contribution in [0.15, 0.2) is 35.1 Å². The zero-order chi connectivity index (χ0) is 14.1. The number of benzene rings is 1. The van der Waals surface area contributed by atoms with Crippen molar-refractivity contribution >= 4 is 23.1 Å². The Morgan fingerprint density at radius 1 is 1.29 bits per heavy atom. The van der Waals surface area contributed by atoms with Gasteiger partial charge in [-0.05, 0) is 18.2 Å². The number of rotatable bonds is 4. The van der Waals surface area contributed by atoms with E-state index >= 15 is 0 Å². The fourth-order valence-electron chi connectivity index (χ4n) is 1.94. The van der Waals surface area contributed by atoms with E-state index in [-0.39, 0.29) is 6.79 Å². The molecule has 0 unspecified atom stereocenters. The molecule has 21 heavy (non-hydrogen) atoms. The molecule has 0 saturated heterocycles. The van der Waals surface area contributed by atoms with E-state index < -0.39 is 0 Å². The van der Waals surface area contributed by atoms with Gasteiger partial charge in [0, 0.05) is 16.7 Å². The van der Waals surface area contributed by atoms with Gasteiger partial charge in [0.1, 0.15) is 11.3 Å². The van der Waals surface area contributed by atoms with Gasteiger partial charge in [-0.15, -0.1) is 11.3 Å². The lowest BCUT2D eigenvalue weighted by Crippen LogP contribution is -1.92. The highest BCUT2D eigenvalue weighted by Gasteiger charge is 2.15. The van der Waals surface area contributed by atoms with Gasteiger partial charge in [-0.2, -0.15) is 5.10 Å². The van der Waals surface area contributed by atoms with Gasteiger partial charge in [-0.3, -0.25) is 5.10 Å². The summed E-state index contributed by atoms with van der Waals surface area (Å²) in [5.41, 5.74) is 2.06. The van der Waals surface area contributed by atoms with Crippen molar-refractivity contribution in [2.24, 2.45) is 0 Å². The van der Waals surface area contributed by atoms with E-state index in [1.54, 1.807) is 23.1 Å². The highest BCUT2D eigenvalue weighted by Crippen LogP contribution is 2.37. The Morgan fingerprint density at radius 2 is 2.24 bits per heavy atom. The Balaban J connectivity index is 1.51. The first-order valence-corrected chi connectivity index (χ1v) is 8.07. The number of thiazole rings is 1.